The van der Waals surface area contributed by atoms with Gasteiger partial charge >= 0.3 is 0 Å². The van der Waals surface area contributed by atoms with Gasteiger partial charge in [0.25, 0.3) is 0 Å². The van der Waals surface area contributed by atoms with Gasteiger partial charge in [0.1, 0.15) is 0 Å². The first-order valence-electron chi connectivity index (χ1n) is 10.2. The van der Waals surface area contributed by atoms with Gasteiger partial charge in [-0.05, 0) is 37.8 Å². The monoisotopic (exact) mass is 372 g/mol. The standard InChI is InChI=1S/C21H32N4O2/c1-3-18-8-4-5-9-19(18)22-20(26)16-23-12-14-24(15-13-23)17(2)21(27)25-10-6-7-11-25/h4-5,8-9,17H,3,6-7,10-16H2,1-2H3,(H,22,26)/t17-/m0/s1. The van der Waals surface area contributed by atoms with Gasteiger partial charge in [0.2, 0.25) is 11.8 Å². The summed E-state index contributed by atoms with van der Waals surface area (Å²) in [7, 11) is 0. The van der Waals surface area contributed by atoms with Crippen LogP contribution in [0.2, 0.25) is 0 Å². The number of carbonyl (C=O) groups excluding carboxylic acids is 2. The first-order chi connectivity index (χ1) is 13.1. The number of para-hydroxylation sites is 1. The zero-order valence-electron chi connectivity index (χ0n) is 16.6. The molecule has 6 nitrogen and oxygen atoms in total. The first-order valence-corrected chi connectivity index (χ1v) is 10.2. The SMILES string of the molecule is CCc1ccccc1NC(=O)CN1CCN([C@@H](C)C(=O)N2CCCC2)CC1. The number of piperazine rings is 1. The molecule has 2 aliphatic heterocycles. The number of amides is 2. The third-order valence-corrected chi connectivity index (χ3v) is 5.77. The summed E-state index contributed by atoms with van der Waals surface area (Å²) in [6.07, 6.45) is 3.16. The Morgan fingerprint density at radius 2 is 1.70 bits per heavy atom. The van der Waals surface area contributed by atoms with Crippen LogP contribution >= 0.6 is 0 Å². The fraction of sp³-hybridized carbons (Fsp3) is 0.619. The quantitative estimate of drug-likeness (QED) is 0.828. The van der Waals surface area contributed by atoms with E-state index in [1.54, 1.807) is 0 Å². The highest BCUT2D eigenvalue weighted by molar-refractivity contribution is 5.93. The lowest BCUT2D eigenvalue weighted by Crippen LogP contribution is -2.55. The number of nitrogens with one attached hydrogen (secondary N) is 1. The molecule has 2 fully saturated rings. The fourth-order valence-electron chi connectivity index (χ4n) is 4.01. The second-order valence-corrected chi connectivity index (χ2v) is 7.58. The number of likely N-dealkylation sites (tertiary alicyclic amines) is 1. The van der Waals surface area contributed by atoms with Crippen LogP contribution in [-0.2, 0) is 16.0 Å². The molecule has 1 aromatic rings. The maximum absolute atomic E-state index is 12.6. The van der Waals surface area contributed by atoms with Gasteiger partial charge in [0, 0.05) is 45.0 Å². The molecule has 3 rings (SSSR count). The van der Waals surface area contributed by atoms with E-state index >= 15 is 0 Å². The molecule has 1 aromatic carbocycles. The van der Waals surface area contributed by atoms with Crippen LogP contribution in [-0.4, -0.2) is 78.4 Å². The van der Waals surface area contributed by atoms with E-state index in [1.807, 2.05) is 36.1 Å². The predicted molar refractivity (Wildman–Crippen MR) is 108 cm³/mol. The number of aryl methyl sites for hydroxylation is 1. The van der Waals surface area contributed by atoms with Gasteiger partial charge in [-0.3, -0.25) is 19.4 Å². The van der Waals surface area contributed by atoms with Crippen molar-refractivity contribution >= 4 is 17.5 Å². The minimum Gasteiger partial charge on any atom is -0.341 e. The smallest absolute Gasteiger partial charge is 0.239 e. The summed E-state index contributed by atoms with van der Waals surface area (Å²) < 4.78 is 0. The molecule has 0 aromatic heterocycles. The number of hydrogen-bond donors (Lipinski definition) is 1. The summed E-state index contributed by atoms with van der Waals surface area (Å²) >= 11 is 0. The van der Waals surface area contributed by atoms with Gasteiger partial charge in [0.05, 0.1) is 12.6 Å². The number of anilines is 1. The molecule has 2 saturated heterocycles. The summed E-state index contributed by atoms with van der Waals surface area (Å²) in [5, 5.41) is 3.04. The molecule has 0 bridgehead atoms. The second-order valence-electron chi connectivity index (χ2n) is 7.58. The normalized spacial score (nSPS) is 19.9. The minimum absolute atomic E-state index is 0.0329. The highest BCUT2D eigenvalue weighted by atomic mass is 16.2. The Balaban J connectivity index is 1.45. The molecule has 0 saturated carbocycles. The van der Waals surface area contributed by atoms with Crippen LogP contribution in [0.1, 0.15) is 32.3 Å². The summed E-state index contributed by atoms with van der Waals surface area (Å²) in [5.41, 5.74) is 2.07. The van der Waals surface area contributed by atoms with E-state index < -0.39 is 0 Å². The maximum atomic E-state index is 12.6. The Morgan fingerprint density at radius 3 is 2.37 bits per heavy atom. The third kappa shape index (κ3) is 5.08. The van der Waals surface area contributed by atoms with Crippen molar-refractivity contribution in [2.24, 2.45) is 0 Å². The summed E-state index contributed by atoms with van der Waals surface area (Å²) in [6, 6.07) is 7.90. The Hall–Kier alpha value is -1.92. The molecule has 2 amide bonds. The molecule has 2 aliphatic rings. The van der Waals surface area contributed by atoms with Gasteiger partial charge in [-0.25, -0.2) is 0 Å². The average Bonchev–Trinajstić information content (AvgIpc) is 3.22. The number of rotatable bonds is 6. The van der Waals surface area contributed by atoms with Crippen LogP contribution in [0.25, 0.3) is 0 Å². The van der Waals surface area contributed by atoms with E-state index in [0.29, 0.717) is 6.54 Å². The number of benzene rings is 1. The molecule has 1 atom stereocenters. The summed E-state index contributed by atoms with van der Waals surface area (Å²) in [5.74, 6) is 0.292. The van der Waals surface area contributed by atoms with E-state index in [0.717, 1.165) is 69.8 Å². The van der Waals surface area contributed by atoms with E-state index in [4.69, 9.17) is 0 Å². The molecular formula is C21H32N4O2. The molecule has 0 radical (unpaired) electrons. The fourth-order valence-corrected chi connectivity index (χ4v) is 4.01. The van der Waals surface area contributed by atoms with Crippen molar-refractivity contribution in [3.8, 4) is 0 Å². The van der Waals surface area contributed by atoms with E-state index in [9.17, 15) is 9.59 Å². The number of hydrogen-bond acceptors (Lipinski definition) is 4. The largest absolute Gasteiger partial charge is 0.341 e. The average molecular weight is 373 g/mol. The first kappa shape index (κ1) is 19.8. The molecule has 148 valence electrons. The van der Waals surface area contributed by atoms with Crippen LogP contribution in [0, 0.1) is 0 Å². The van der Waals surface area contributed by atoms with Crippen molar-refractivity contribution in [2.45, 2.75) is 39.2 Å². The number of nitrogens with zero attached hydrogens (tertiary/aromatic N) is 3. The van der Waals surface area contributed by atoms with Crippen molar-refractivity contribution < 1.29 is 9.59 Å². The van der Waals surface area contributed by atoms with Gasteiger partial charge < -0.3 is 10.2 Å². The van der Waals surface area contributed by atoms with Gasteiger partial charge in [0.15, 0.2) is 0 Å². The maximum Gasteiger partial charge on any atom is 0.239 e. The molecule has 0 spiro atoms. The zero-order chi connectivity index (χ0) is 19.2. The topological polar surface area (TPSA) is 55.9 Å². The molecule has 0 unspecified atom stereocenters. The van der Waals surface area contributed by atoms with E-state index in [-0.39, 0.29) is 17.9 Å². The molecule has 2 heterocycles. The molecule has 27 heavy (non-hydrogen) atoms. The van der Waals surface area contributed by atoms with Gasteiger partial charge in [-0.15, -0.1) is 0 Å². The Labute approximate surface area is 162 Å². The zero-order valence-corrected chi connectivity index (χ0v) is 16.6. The van der Waals surface area contributed by atoms with Crippen molar-refractivity contribution in [3.05, 3.63) is 29.8 Å². The third-order valence-electron chi connectivity index (χ3n) is 5.77. The molecule has 0 aliphatic carbocycles. The molecule has 1 N–H and O–H groups in total. The second kappa shape index (κ2) is 9.33. The lowest BCUT2D eigenvalue weighted by atomic mass is 10.1. The lowest BCUT2D eigenvalue weighted by Gasteiger charge is -2.38. The van der Waals surface area contributed by atoms with Crippen LogP contribution in [0.3, 0.4) is 0 Å². The molecule has 6 heteroatoms. The predicted octanol–water partition coefficient (Wildman–Crippen LogP) is 1.82. The van der Waals surface area contributed by atoms with Crippen molar-refractivity contribution in [3.63, 3.8) is 0 Å². The number of carbonyl (C=O) groups is 2. The molecular weight excluding hydrogens is 340 g/mol. The van der Waals surface area contributed by atoms with Crippen LogP contribution in [0.5, 0.6) is 0 Å². The Kier molecular flexibility index (Phi) is 6.85. The van der Waals surface area contributed by atoms with Gasteiger partial charge in [-0.1, -0.05) is 25.1 Å². The van der Waals surface area contributed by atoms with Gasteiger partial charge in [-0.2, -0.15) is 0 Å². The lowest BCUT2D eigenvalue weighted by molar-refractivity contribution is -0.136. The van der Waals surface area contributed by atoms with Crippen LogP contribution in [0.4, 0.5) is 5.69 Å². The van der Waals surface area contributed by atoms with E-state index in [1.165, 1.54) is 0 Å². The highest BCUT2D eigenvalue weighted by Gasteiger charge is 2.30. The van der Waals surface area contributed by atoms with E-state index in [2.05, 4.69) is 22.0 Å². The Bertz CT molecular complexity index is 649. The summed E-state index contributed by atoms with van der Waals surface area (Å²) in [6.45, 7) is 9.63. The van der Waals surface area contributed by atoms with Crippen LogP contribution in [0.15, 0.2) is 24.3 Å². The van der Waals surface area contributed by atoms with Crippen molar-refractivity contribution in [2.75, 3.05) is 51.1 Å². The van der Waals surface area contributed by atoms with Crippen LogP contribution < -0.4 is 5.32 Å². The Morgan fingerprint density at radius 1 is 1.04 bits per heavy atom. The van der Waals surface area contributed by atoms with Crippen molar-refractivity contribution in [1.29, 1.82) is 0 Å². The highest BCUT2D eigenvalue weighted by Crippen LogP contribution is 2.16. The van der Waals surface area contributed by atoms with Crippen molar-refractivity contribution in [1.82, 2.24) is 14.7 Å². The summed E-state index contributed by atoms with van der Waals surface area (Å²) in [4.78, 5) is 31.4. The minimum atomic E-state index is -0.0597.